The molecule has 1 aromatic carbocycles. The normalized spacial score (nSPS) is 14.5. The van der Waals surface area contributed by atoms with Crippen molar-refractivity contribution in [2.24, 2.45) is 7.05 Å². The molecular formula is C10H11N5. The van der Waals surface area contributed by atoms with E-state index in [4.69, 9.17) is 0 Å². The molecule has 0 fully saturated rings. The highest BCUT2D eigenvalue weighted by molar-refractivity contribution is 5.74. The number of rotatable bonds is 1. The van der Waals surface area contributed by atoms with E-state index in [1.165, 1.54) is 0 Å². The molecule has 1 aliphatic heterocycles. The summed E-state index contributed by atoms with van der Waals surface area (Å²) in [5.74, 6) is 0. The molecule has 3 rings (SSSR count). The number of fused-ring (bicyclic) bond motifs is 1. The second-order valence-corrected chi connectivity index (χ2v) is 3.58. The summed E-state index contributed by atoms with van der Waals surface area (Å²) >= 11 is 0. The molecule has 15 heavy (non-hydrogen) atoms. The van der Waals surface area contributed by atoms with E-state index in [1.807, 2.05) is 37.5 Å². The maximum Gasteiger partial charge on any atom is 0.144 e. The molecule has 0 unspecified atom stereocenters. The molecule has 0 bridgehead atoms. The Morgan fingerprint density at radius 3 is 2.40 bits per heavy atom. The molecule has 5 heteroatoms. The molecule has 0 aliphatic carbocycles. The monoisotopic (exact) mass is 201 g/mol. The maximum atomic E-state index is 4.07. The summed E-state index contributed by atoms with van der Waals surface area (Å²) in [7, 11) is 1.86. The number of hydrogen-bond donors (Lipinski definition) is 2. The molecular weight excluding hydrogens is 190 g/mol. The van der Waals surface area contributed by atoms with Crippen LogP contribution in [0, 0.1) is 0 Å². The molecule has 1 aromatic heterocycles. The van der Waals surface area contributed by atoms with Crippen molar-refractivity contribution in [3.63, 3.8) is 0 Å². The number of aromatic nitrogens is 3. The molecule has 0 saturated carbocycles. The van der Waals surface area contributed by atoms with E-state index in [2.05, 4.69) is 20.9 Å². The number of para-hydroxylation sites is 2. The van der Waals surface area contributed by atoms with E-state index in [0.717, 1.165) is 17.1 Å². The van der Waals surface area contributed by atoms with Gasteiger partial charge in [-0.05, 0) is 12.1 Å². The van der Waals surface area contributed by atoms with Crippen LogP contribution in [0.2, 0.25) is 0 Å². The minimum absolute atomic E-state index is 0.0242. The van der Waals surface area contributed by atoms with Crippen LogP contribution in [0.4, 0.5) is 11.4 Å². The topological polar surface area (TPSA) is 54.8 Å². The second-order valence-electron chi connectivity index (χ2n) is 3.58. The van der Waals surface area contributed by atoms with Gasteiger partial charge in [-0.25, -0.2) is 0 Å². The summed E-state index contributed by atoms with van der Waals surface area (Å²) < 4.78 is 1.70. The molecule has 2 N–H and O–H groups in total. The Morgan fingerprint density at radius 2 is 1.87 bits per heavy atom. The van der Waals surface area contributed by atoms with Crippen LogP contribution in [0.25, 0.3) is 0 Å². The van der Waals surface area contributed by atoms with E-state index in [1.54, 1.807) is 4.68 Å². The first-order chi connectivity index (χ1) is 7.33. The van der Waals surface area contributed by atoms with E-state index in [0.29, 0.717) is 0 Å². The number of benzene rings is 1. The van der Waals surface area contributed by atoms with Gasteiger partial charge in [-0.1, -0.05) is 17.3 Å². The van der Waals surface area contributed by atoms with Crippen molar-refractivity contribution in [3.8, 4) is 0 Å². The lowest BCUT2D eigenvalue weighted by Crippen LogP contribution is -2.12. The third kappa shape index (κ3) is 1.32. The third-order valence-corrected chi connectivity index (χ3v) is 2.44. The Balaban J connectivity index is 1.90. The predicted molar refractivity (Wildman–Crippen MR) is 57.4 cm³/mol. The lowest BCUT2D eigenvalue weighted by molar-refractivity contribution is 0.712. The molecule has 76 valence electrons. The molecule has 0 radical (unpaired) electrons. The van der Waals surface area contributed by atoms with Gasteiger partial charge in [0.05, 0.1) is 17.6 Å². The van der Waals surface area contributed by atoms with Crippen molar-refractivity contribution < 1.29 is 0 Å². The molecule has 2 heterocycles. The average Bonchev–Trinajstić information content (AvgIpc) is 2.82. The third-order valence-electron chi connectivity index (χ3n) is 2.44. The number of nitrogens with zero attached hydrogens (tertiary/aromatic N) is 3. The number of aryl methyl sites for hydroxylation is 1. The fourth-order valence-electron chi connectivity index (χ4n) is 1.73. The number of hydrogen-bond acceptors (Lipinski definition) is 4. The van der Waals surface area contributed by atoms with Gasteiger partial charge in [-0.15, -0.1) is 5.10 Å². The Labute approximate surface area is 87.1 Å². The van der Waals surface area contributed by atoms with Crippen LogP contribution in [0.3, 0.4) is 0 Å². The number of anilines is 2. The Bertz CT molecular complexity index is 465. The van der Waals surface area contributed by atoms with Crippen LogP contribution < -0.4 is 10.6 Å². The van der Waals surface area contributed by atoms with Gasteiger partial charge in [0.2, 0.25) is 0 Å². The van der Waals surface area contributed by atoms with E-state index in [9.17, 15) is 0 Å². The predicted octanol–water partition coefficient (Wildman–Crippen LogP) is 1.35. The van der Waals surface area contributed by atoms with Crippen molar-refractivity contribution in [2.75, 3.05) is 10.6 Å². The zero-order valence-electron chi connectivity index (χ0n) is 8.31. The molecule has 2 aromatic rings. The summed E-state index contributed by atoms with van der Waals surface area (Å²) in [6.07, 6.45) is 1.92. The average molecular weight is 201 g/mol. The van der Waals surface area contributed by atoms with Crippen LogP contribution in [0.5, 0.6) is 0 Å². The first kappa shape index (κ1) is 8.28. The van der Waals surface area contributed by atoms with Gasteiger partial charge in [0.25, 0.3) is 0 Å². The lowest BCUT2D eigenvalue weighted by atomic mass is 10.3. The van der Waals surface area contributed by atoms with E-state index < -0.39 is 0 Å². The standard InChI is InChI=1S/C10H11N5/c1-15-6-9(13-14-15)10-11-7-4-2-3-5-8(7)12-10/h2-6,10-12H,1H3. The zero-order chi connectivity index (χ0) is 10.3. The minimum atomic E-state index is 0.0242. The Morgan fingerprint density at radius 1 is 1.20 bits per heavy atom. The highest BCUT2D eigenvalue weighted by Gasteiger charge is 2.22. The van der Waals surface area contributed by atoms with Crippen molar-refractivity contribution in [3.05, 3.63) is 36.2 Å². The maximum absolute atomic E-state index is 4.07. The van der Waals surface area contributed by atoms with Gasteiger partial charge >= 0.3 is 0 Å². The van der Waals surface area contributed by atoms with E-state index in [-0.39, 0.29) is 6.17 Å². The van der Waals surface area contributed by atoms with Crippen LogP contribution in [-0.4, -0.2) is 15.0 Å². The summed E-state index contributed by atoms with van der Waals surface area (Å²) in [6, 6.07) is 8.09. The smallest absolute Gasteiger partial charge is 0.144 e. The van der Waals surface area contributed by atoms with Crippen LogP contribution >= 0.6 is 0 Å². The lowest BCUT2D eigenvalue weighted by Gasteiger charge is -2.07. The molecule has 0 spiro atoms. The highest BCUT2D eigenvalue weighted by Crippen LogP contribution is 2.33. The fraction of sp³-hybridized carbons (Fsp3) is 0.200. The SMILES string of the molecule is Cn1cc(C2Nc3ccccc3N2)nn1. The number of nitrogens with one attached hydrogen (secondary N) is 2. The molecule has 5 nitrogen and oxygen atoms in total. The Kier molecular flexibility index (Phi) is 1.65. The van der Waals surface area contributed by atoms with Gasteiger partial charge in [-0.3, -0.25) is 4.68 Å². The van der Waals surface area contributed by atoms with Crippen molar-refractivity contribution in [1.29, 1.82) is 0 Å². The summed E-state index contributed by atoms with van der Waals surface area (Å²) in [5.41, 5.74) is 3.11. The molecule has 0 amide bonds. The van der Waals surface area contributed by atoms with Gasteiger partial charge in [0, 0.05) is 7.05 Å². The minimum Gasteiger partial charge on any atom is -0.359 e. The quantitative estimate of drug-likeness (QED) is 0.731. The van der Waals surface area contributed by atoms with Crippen LogP contribution in [-0.2, 0) is 7.05 Å². The van der Waals surface area contributed by atoms with Crippen molar-refractivity contribution in [2.45, 2.75) is 6.17 Å². The van der Waals surface area contributed by atoms with E-state index >= 15 is 0 Å². The highest BCUT2D eigenvalue weighted by atomic mass is 15.4. The summed E-state index contributed by atoms with van der Waals surface area (Å²) in [6.45, 7) is 0. The van der Waals surface area contributed by atoms with Gasteiger partial charge < -0.3 is 10.6 Å². The van der Waals surface area contributed by atoms with Crippen LogP contribution in [0.15, 0.2) is 30.5 Å². The first-order valence-corrected chi connectivity index (χ1v) is 4.81. The molecule has 0 atom stereocenters. The van der Waals surface area contributed by atoms with Gasteiger partial charge in [-0.2, -0.15) is 0 Å². The second kappa shape index (κ2) is 2.98. The fourth-order valence-corrected chi connectivity index (χ4v) is 1.73. The molecule has 1 aliphatic rings. The zero-order valence-corrected chi connectivity index (χ0v) is 8.31. The summed E-state index contributed by atoms with van der Waals surface area (Å²) in [4.78, 5) is 0. The largest absolute Gasteiger partial charge is 0.359 e. The van der Waals surface area contributed by atoms with Crippen molar-refractivity contribution >= 4 is 11.4 Å². The van der Waals surface area contributed by atoms with Crippen molar-refractivity contribution in [1.82, 2.24) is 15.0 Å². The first-order valence-electron chi connectivity index (χ1n) is 4.81. The Hall–Kier alpha value is -2.04. The summed E-state index contributed by atoms with van der Waals surface area (Å²) in [5, 5.41) is 14.7. The van der Waals surface area contributed by atoms with Gasteiger partial charge in [0.15, 0.2) is 0 Å². The van der Waals surface area contributed by atoms with Crippen LogP contribution in [0.1, 0.15) is 11.9 Å². The van der Waals surface area contributed by atoms with Gasteiger partial charge in [0.1, 0.15) is 11.9 Å². The molecule has 0 saturated heterocycles.